The molecule has 0 bridgehead atoms. The van der Waals surface area contributed by atoms with Crippen LogP contribution in [-0.4, -0.2) is 15.3 Å². The Labute approximate surface area is 86.8 Å². The number of nitrogens with zero attached hydrogens (tertiary/aromatic N) is 2. The minimum atomic E-state index is 0.527. The SMILES string of the molecule is CC(=N)c1cn(C)c2ncc(Cl)cc12. The van der Waals surface area contributed by atoms with Gasteiger partial charge in [0.05, 0.1) is 5.02 Å². The maximum atomic E-state index is 7.62. The van der Waals surface area contributed by atoms with Gasteiger partial charge in [-0.15, -0.1) is 0 Å². The number of hydrogen-bond donors (Lipinski definition) is 1. The highest BCUT2D eigenvalue weighted by Crippen LogP contribution is 2.22. The molecule has 0 atom stereocenters. The number of halogens is 1. The largest absolute Gasteiger partial charge is 0.335 e. The second-order valence-corrected chi connectivity index (χ2v) is 3.74. The van der Waals surface area contributed by atoms with E-state index < -0.39 is 0 Å². The van der Waals surface area contributed by atoms with Crippen molar-refractivity contribution in [1.82, 2.24) is 9.55 Å². The van der Waals surface area contributed by atoms with E-state index in [1.54, 1.807) is 13.1 Å². The number of pyridine rings is 1. The lowest BCUT2D eigenvalue weighted by Crippen LogP contribution is -1.89. The van der Waals surface area contributed by atoms with Crippen molar-refractivity contribution in [3.8, 4) is 0 Å². The summed E-state index contributed by atoms with van der Waals surface area (Å²) in [7, 11) is 1.91. The second kappa shape index (κ2) is 3.10. The van der Waals surface area contributed by atoms with Crippen LogP contribution in [0.2, 0.25) is 5.02 Å². The smallest absolute Gasteiger partial charge is 0.140 e. The third-order valence-electron chi connectivity index (χ3n) is 2.18. The Bertz CT molecular complexity index is 513. The van der Waals surface area contributed by atoms with Crippen LogP contribution in [0.4, 0.5) is 0 Å². The fourth-order valence-corrected chi connectivity index (χ4v) is 1.69. The maximum absolute atomic E-state index is 7.62. The summed E-state index contributed by atoms with van der Waals surface area (Å²) in [5.41, 5.74) is 2.27. The molecule has 4 heteroatoms. The van der Waals surface area contributed by atoms with Gasteiger partial charge in [0.2, 0.25) is 0 Å². The Balaban J connectivity index is 2.85. The molecule has 0 saturated heterocycles. The molecule has 2 rings (SSSR count). The van der Waals surface area contributed by atoms with Crippen LogP contribution >= 0.6 is 11.6 Å². The number of hydrogen-bond acceptors (Lipinski definition) is 2. The number of aryl methyl sites for hydroxylation is 1. The molecule has 0 spiro atoms. The van der Waals surface area contributed by atoms with Crippen molar-refractivity contribution in [2.24, 2.45) is 7.05 Å². The molecule has 0 aliphatic carbocycles. The van der Waals surface area contributed by atoms with Crippen LogP contribution in [0.15, 0.2) is 18.5 Å². The van der Waals surface area contributed by atoms with Gasteiger partial charge in [0.15, 0.2) is 0 Å². The first-order chi connectivity index (χ1) is 6.59. The first kappa shape index (κ1) is 9.21. The molecule has 1 N–H and O–H groups in total. The number of fused-ring (bicyclic) bond motifs is 1. The standard InChI is InChI=1S/C10H10ClN3/c1-6(12)9-5-14(2)10-8(9)3-7(11)4-13-10/h3-5,12H,1-2H3. The first-order valence-electron chi connectivity index (χ1n) is 4.25. The van der Waals surface area contributed by atoms with Crippen molar-refractivity contribution in [3.05, 3.63) is 29.0 Å². The molecule has 2 aromatic heterocycles. The van der Waals surface area contributed by atoms with E-state index in [0.29, 0.717) is 10.7 Å². The fraction of sp³-hybridized carbons (Fsp3) is 0.200. The molecule has 0 radical (unpaired) electrons. The maximum Gasteiger partial charge on any atom is 0.140 e. The summed E-state index contributed by atoms with van der Waals surface area (Å²) in [6.45, 7) is 1.76. The Kier molecular flexibility index (Phi) is 2.04. The monoisotopic (exact) mass is 207 g/mol. The average molecular weight is 208 g/mol. The summed E-state index contributed by atoms with van der Waals surface area (Å²) in [6.07, 6.45) is 3.52. The Morgan fingerprint density at radius 3 is 2.93 bits per heavy atom. The van der Waals surface area contributed by atoms with Crippen molar-refractivity contribution >= 4 is 28.3 Å². The van der Waals surface area contributed by atoms with Gasteiger partial charge < -0.3 is 9.98 Å². The van der Waals surface area contributed by atoms with Gasteiger partial charge in [-0.25, -0.2) is 4.98 Å². The van der Waals surface area contributed by atoms with E-state index in [1.807, 2.05) is 23.9 Å². The molecule has 0 fully saturated rings. The highest BCUT2D eigenvalue weighted by molar-refractivity contribution is 6.31. The molecule has 0 aliphatic rings. The van der Waals surface area contributed by atoms with Gasteiger partial charge in [0.25, 0.3) is 0 Å². The van der Waals surface area contributed by atoms with E-state index in [-0.39, 0.29) is 0 Å². The normalized spacial score (nSPS) is 10.8. The Hall–Kier alpha value is -1.35. The second-order valence-electron chi connectivity index (χ2n) is 3.30. The third-order valence-corrected chi connectivity index (χ3v) is 2.39. The Morgan fingerprint density at radius 2 is 2.29 bits per heavy atom. The molecule has 14 heavy (non-hydrogen) atoms. The zero-order chi connectivity index (χ0) is 10.3. The Morgan fingerprint density at radius 1 is 1.57 bits per heavy atom. The topological polar surface area (TPSA) is 41.7 Å². The van der Waals surface area contributed by atoms with Gasteiger partial charge in [-0.05, 0) is 13.0 Å². The lowest BCUT2D eigenvalue weighted by molar-refractivity contribution is 0.947. The molecular weight excluding hydrogens is 198 g/mol. The van der Waals surface area contributed by atoms with Crippen LogP contribution in [0.25, 0.3) is 11.0 Å². The van der Waals surface area contributed by atoms with E-state index >= 15 is 0 Å². The molecule has 3 nitrogen and oxygen atoms in total. The minimum absolute atomic E-state index is 0.527. The van der Waals surface area contributed by atoms with Crippen molar-refractivity contribution in [3.63, 3.8) is 0 Å². The molecule has 0 saturated carbocycles. The van der Waals surface area contributed by atoms with Crippen LogP contribution < -0.4 is 0 Å². The zero-order valence-electron chi connectivity index (χ0n) is 8.00. The zero-order valence-corrected chi connectivity index (χ0v) is 8.76. The van der Waals surface area contributed by atoms with E-state index in [4.69, 9.17) is 17.0 Å². The number of rotatable bonds is 1. The third kappa shape index (κ3) is 1.30. The average Bonchev–Trinajstić information content (AvgIpc) is 2.43. The van der Waals surface area contributed by atoms with Crippen molar-refractivity contribution in [2.75, 3.05) is 0 Å². The highest BCUT2D eigenvalue weighted by Gasteiger charge is 2.09. The lowest BCUT2D eigenvalue weighted by Gasteiger charge is -1.95. The lowest BCUT2D eigenvalue weighted by atomic mass is 10.1. The van der Waals surface area contributed by atoms with Crippen LogP contribution in [0.5, 0.6) is 0 Å². The molecule has 2 heterocycles. The van der Waals surface area contributed by atoms with Crippen molar-refractivity contribution in [2.45, 2.75) is 6.92 Å². The molecular formula is C10H10ClN3. The van der Waals surface area contributed by atoms with Gasteiger partial charge in [-0.1, -0.05) is 11.6 Å². The van der Waals surface area contributed by atoms with Gasteiger partial charge in [0.1, 0.15) is 5.65 Å². The predicted octanol–water partition coefficient (Wildman–Crippen LogP) is 2.61. The van der Waals surface area contributed by atoms with Gasteiger partial charge in [-0.3, -0.25) is 0 Å². The summed E-state index contributed by atoms with van der Waals surface area (Å²) in [4.78, 5) is 4.22. The van der Waals surface area contributed by atoms with E-state index in [0.717, 1.165) is 16.6 Å². The predicted molar refractivity (Wildman–Crippen MR) is 58.2 cm³/mol. The van der Waals surface area contributed by atoms with Crippen molar-refractivity contribution in [1.29, 1.82) is 5.41 Å². The quantitative estimate of drug-likeness (QED) is 0.718. The van der Waals surface area contributed by atoms with E-state index in [2.05, 4.69) is 4.98 Å². The van der Waals surface area contributed by atoms with Gasteiger partial charge in [0, 0.05) is 36.1 Å². The highest BCUT2D eigenvalue weighted by atomic mass is 35.5. The van der Waals surface area contributed by atoms with E-state index in [9.17, 15) is 0 Å². The summed E-state index contributed by atoms with van der Waals surface area (Å²) in [5, 5.41) is 9.16. The van der Waals surface area contributed by atoms with Crippen LogP contribution in [-0.2, 0) is 7.05 Å². The summed E-state index contributed by atoms with van der Waals surface area (Å²) in [5.74, 6) is 0. The van der Waals surface area contributed by atoms with Crippen LogP contribution in [0, 0.1) is 5.41 Å². The number of aromatic nitrogens is 2. The van der Waals surface area contributed by atoms with Crippen LogP contribution in [0.3, 0.4) is 0 Å². The van der Waals surface area contributed by atoms with Gasteiger partial charge in [-0.2, -0.15) is 0 Å². The molecule has 0 amide bonds. The molecule has 0 unspecified atom stereocenters. The minimum Gasteiger partial charge on any atom is -0.335 e. The van der Waals surface area contributed by atoms with Crippen molar-refractivity contribution < 1.29 is 0 Å². The fourth-order valence-electron chi connectivity index (χ4n) is 1.53. The number of nitrogens with one attached hydrogen (secondary N) is 1. The summed E-state index contributed by atoms with van der Waals surface area (Å²) < 4.78 is 1.90. The van der Waals surface area contributed by atoms with Crippen LogP contribution in [0.1, 0.15) is 12.5 Å². The first-order valence-corrected chi connectivity index (χ1v) is 4.63. The summed E-state index contributed by atoms with van der Waals surface area (Å²) in [6, 6.07) is 1.84. The molecule has 0 aromatic carbocycles. The molecule has 72 valence electrons. The molecule has 2 aromatic rings. The summed E-state index contributed by atoms with van der Waals surface area (Å²) >= 11 is 5.86. The van der Waals surface area contributed by atoms with Gasteiger partial charge >= 0.3 is 0 Å². The molecule has 0 aliphatic heterocycles. The van der Waals surface area contributed by atoms with E-state index in [1.165, 1.54) is 0 Å².